The second-order valence-corrected chi connectivity index (χ2v) is 10.4. The predicted molar refractivity (Wildman–Crippen MR) is 145 cm³/mol. The summed E-state index contributed by atoms with van der Waals surface area (Å²) in [6.07, 6.45) is 3.30. The number of aliphatic hydroxyl groups excluding tert-OH is 1. The summed E-state index contributed by atoms with van der Waals surface area (Å²) in [4.78, 5) is 34.3. The lowest BCUT2D eigenvalue weighted by molar-refractivity contribution is -0.140. The molecule has 1 aromatic heterocycles. The maximum Gasteiger partial charge on any atom is 0.295 e. The zero-order valence-electron chi connectivity index (χ0n) is 22.1. The maximum absolute atomic E-state index is 13.4. The molecule has 1 unspecified atom stereocenters. The van der Waals surface area contributed by atoms with Crippen molar-refractivity contribution in [2.24, 2.45) is 0 Å². The number of pyridine rings is 1. The van der Waals surface area contributed by atoms with E-state index in [1.54, 1.807) is 31.6 Å². The third-order valence-electron chi connectivity index (χ3n) is 6.65. The molecule has 1 amide bonds. The number of Topliss-reactive ketones (excluding diaryl/α,β-unsaturated/α-hetero) is 1. The van der Waals surface area contributed by atoms with Crippen LogP contribution in [0.5, 0.6) is 5.75 Å². The van der Waals surface area contributed by atoms with Crippen LogP contribution in [0.4, 0.5) is 5.69 Å². The zero-order valence-corrected chi connectivity index (χ0v) is 22.1. The van der Waals surface area contributed by atoms with Gasteiger partial charge in [-0.15, -0.1) is 0 Å². The van der Waals surface area contributed by atoms with E-state index in [1.807, 2.05) is 61.5 Å². The Kier molecular flexibility index (Phi) is 7.07. The quantitative estimate of drug-likeness (QED) is 0.290. The number of likely N-dealkylation sites (tertiary alicyclic amines) is 1. The van der Waals surface area contributed by atoms with E-state index in [2.05, 4.69) is 25.8 Å². The molecule has 0 bridgehead atoms. The van der Waals surface area contributed by atoms with Gasteiger partial charge in [-0.3, -0.25) is 14.6 Å². The molecule has 3 aromatic rings. The van der Waals surface area contributed by atoms with Crippen LogP contribution in [0.2, 0.25) is 0 Å². The molecule has 0 aliphatic carbocycles. The van der Waals surface area contributed by atoms with Gasteiger partial charge in [-0.25, -0.2) is 0 Å². The number of carbonyl (C=O) groups is 2. The molecule has 37 heavy (non-hydrogen) atoms. The lowest BCUT2D eigenvalue weighted by Gasteiger charge is -2.26. The lowest BCUT2D eigenvalue weighted by atomic mass is 9.84. The average molecular weight is 500 g/mol. The molecule has 7 heteroatoms. The highest BCUT2D eigenvalue weighted by Gasteiger charge is 2.46. The van der Waals surface area contributed by atoms with E-state index in [9.17, 15) is 14.7 Å². The molecule has 0 spiro atoms. The lowest BCUT2D eigenvalue weighted by Crippen LogP contribution is -2.29. The molecule has 2 heterocycles. The average Bonchev–Trinajstić information content (AvgIpc) is 3.13. The Morgan fingerprint density at radius 1 is 1.03 bits per heavy atom. The maximum atomic E-state index is 13.4. The Morgan fingerprint density at radius 3 is 2.24 bits per heavy atom. The molecule has 1 fully saturated rings. The first-order valence-electron chi connectivity index (χ1n) is 12.2. The summed E-state index contributed by atoms with van der Waals surface area (Å²) in [6.45, 7) is 6.36. The molecule has 1 N–H and O–H groups in total. The summed E-state index contributed by atoms with van der Waals surface area (Å²) in [5.74, 6) is -0.866. The van der Waals surface area contributed by atoms with Gasteiger partial charge in [-0.2, -0.15) is 0 Å². The number of carbonyl (C=O) groups excluding carboxylic acids is 2. The van der Waals surface area contributed by atoms with Gasteiger partial charge >= 0.3 is 0 Å². The Bertz CT molecular complexity index is 1340. The fourth-order valence-corrected chi connectivity index (χ4v) is 4.63. The van der Waals surface area contributed by atoms with Crippen molar-refractivity contribution in [1.82, 2.24) is 9.88 Å². The molecular weight excluding hydrogens is 466 g/mol. The number of rotatable bonds is 6. The van der Waals surface area contributed by atoms with Gasteiger partial charge in [0, 0.05) is 49.8 Å². The minimum absolute atomic E-state index is 0.0710. The van der Waals surface area contributed by atoms with Crippen LogP contribution >= 0.6 is 0 Å². The fraction of sp³-hybridized carbons (Fsp3) is 0.300. The highest BCUT2D eigenvalue weighted by molar-refractivity contribution is 6.46. The first-order valence-corrected chi connectivity index (χ1v) is 12.2. The molecular formula is C30H33N3O4. The monoisotopic (exact) mass is 499 g/mol. The number of aliphatic hydroxyl groups is 1. The van der Waals surface area contributed by atoms with Crippen LogP contribution in [0.1, 0.15) is 49.1 Å². The van der Waals surface area contributed by atoms with Crippen molar-refractivity contribution in [3.63, 3.8) is 0 Å². The Morgan fingerprint density at radius 2 is 1.68 bits per heavy atom. The number of methoxy groups -OCH3 is 1. The molecule has 0 radical (unpaired) electrons. The van der Waals surface area contributed by atoms with Crippen LogP contribution in [0, 0.1) is 0 Å². The van der Waals surface area contributed by atoms with Crippen molar-refractivity contribution < 1.29 is 19.4 Å². The van der Waals surface area contributed by atoms with Crippen molar-refractivity contribution >= 4 is 23.1 Å². The van der Waals surface area contributed by atoms with Gasteiger partial charge < -0.3 is 19.6 Å². The van der Waals surface area contributed by atoms with Crippen LogP contribution in [0.25, 0.3) is 5.76 Å². The summed E-state index contributed by atoms with van der Waals surface area (Å²) in [6, 6.07) is 15.9. The number of hydrogen-bond donors (Lipinski definition) is 1. The number of amides is 1. The summed E-state index contributed by atoms with van der Waals surface area (Å²) < 4.78 is 5.54. The van der Waals surface area contributed by atoms with E-state index < -0.39 is 17.7 Å². The minimum atomic E-state index is -0.746. The molecule has 192 valence electrons. The van der Waals surface area contributed by atoms with Gasteiger partial charge in [-0.05, 0) is 59.0 Å². The van der Waals surface area contributed by atoms with Crippen molar-refractivity contribution in [3.8, 4) is 5.75 Å². The smallest absolute Gasteiger partial charge is 0.295 e. The minimum Gasteiger partial charge on any atom is -0.507 e. The predicted octanol–water partition coefficient (Wildman–Crippen LogP) is 5.08. The van der Waals surface area contributed by atoms with Gasteiger partial charge in [0.25, 0.3) is 11.7 Å². The highest BCUT2D eigenvalue weighted by atomic mass is 16.5. The second kappa shape index (κ2) is 10.1. The normalized spacial score (nSPS) is 17.2. The fourth-order valence-electron chi connectivity index (χ4n) is 4.63. The number of ketones is 1. The Balaban J connectivity index is 1.89. The number of aromatic nitrogens is 1. The largest absolute Gasteiger partial charge is 0.507 e. The van der Waals surface area contributed by atoms with E-state index in [1.165, 1.54) is 4.90 Å². The third-order valence-corrected chi connectivity index (χ3v) is 6.65. The number of ether oxygens (including phenoxy) is 1. The molecule has 1 aliphatic rings. The summed E-state index contributed by atoms with van der Waals surface area (Å²) in [7, 11) is 5.49. The first-order chi connectivity index (χ1) is 17.5. The van der Waals surface area contributed by atoms with Gasteiger partial charge in [0.05, 0.1) is 18.7 Å². The van der Waals surface area contributed by atoms with Gasteiger partial charge in [-0.1, -0.05) is 32.9 Å². The topological polar surface area (TPSA) is 83.0 Å². The van der Waals surface area contributed by atoms with Gasteiger partial charge in [0.2, 0.25) is 0 Å². The molecule has 7 nitrogen and oxygen atoms in total. The van der Waals surface area contributed by atoms with Gasteiger partial charge in [0.15, 0.2) is 0 Å². The van der Waals surface area contributed by atoms with Gasteiger partial charge in [0.1, 0.15) is 11.5 Å². The third kappa shape index (κ3) is 5.07. The van der Waals surface area contributed by atoms with Crippen molar-refractivity contribution in [2.45, 2.75) is 38.8 Å². The van der Waals surface area contributed by atoms with Crippen LogP contribution in [-0.4, -0.2) is 47.9 Å². The standard InChI is InChI=1S/C30H33N3O4/c1-30(2,3)23-17-21(9-12-24(23)37-6)27(34)25-26(20-7-10-22(11-8-20)32(4)5)33(29(36)28(25)35)18-19-13-15-31-16-14-19/h7-17,26,34H,18H2,1-6H3/b27-25-. The van der Waals surface area contributed by atoms with Crippen LogP contribution in [-0.2, 0) is 21.5 Å². The number of nitrogens with zero attached hydrogens (tertiary/aromatic N) is 3. The van der Waals surface area contributed by atoms with E-state index in [-0.39, 0.29) is 23.3 Å². The number of hydrogen-bond acceptors (Lipinski definition) is 6. The van der Waals surface area contributed by atoms with Crippen LogP contribution < -0.4 is 9.64 Å². The molecule has 4 rings (SSSR count). The molecule has 2 aromatic carbocycles. The van der Waals surface area contributed by atoms with E-state index in [0.717, 1.165) is 22.4 Å². The van der Waals surface area contributed by atoms with E-state index in [4.69, 9.17) is 4.74 Å². The second-order valence-electron chi connectivity index (χ2n) is 10.4. The molecule has 1 saturated heterocycles. The first kappa shape index (κ1) is 25.9. The summed E-state index contributed by atoms with van der Waals surface area (Å²) in [5.41, 5.74) is 3.72. The molecule has 1 atom stereocenters. The summed E-state index contributed by atoms with van der Waals surface area (Å²) in [5, 5.41) is 11.5. The van der Waals surface area contributed by atoms with Crippen LogP contribution in [0.15, 0.2) is 72.6 Å². The number of benzene rings is 2. The SMILES string of the molecule is COc1ccc(/C(O)=C2/C(=O)C(=O)N(Cc3ccncc3)C2c2ccc(N(C)C)cc2)cc1C(C)(C)C. The highest BCUT2D eigenvalue weighted by Crippen LogP contribution is 2.42. The van der Waals surface area contributed by atoms with Crippen LogP contribution in [0.3, 0.4) is 0 Å². The number of anilines is 1. The van der Waals surface area contributed by atoms with Crippen molar-refractivity contribution in [2.75, 3.05) is 26.1 Å². The Hall–Kier alpha value is -4.13. The van der Waals surface area contributed by atoms with Crippen molar-refractivity contribution in [3.05, 3.63) is 94.8 Å². The van der Waals surface area contributed by atoms with E-state index in [0.29, 0.717) is 11.3 Å². The van der Waals surface area contributed by atoms with E-state index >= 15 is 0 Å². The molecule has 0 saturated carbocycles. The molecule has 1 aliphatic heterocycles. The summed E-state index contributed by atoms with van der Waals surface area (Å²) >= 11 is 0. The van der Waals surface area contributed by atoms with Crippen molar-refractivity contribution in [1.29, 1.82) is 0 Å². The zero-order chi connectivity index (χ0) is 26.9. The Labute approximate surface area is 218 Å².